The Balaban J connectivity index is 3.03. The number of methoxy groups -OCH3 is 1. The molecule has 17 heavy (non-hydrogen) atoms. The van der Waals surface area contributed by atoms with Gasteiger partial charge in [-0.15, -0.1) is 0 Å². The summed E-state index contributed by atoms with van der Waals surface area (Å²) in [7, 11) is 1.37. The van der Waals surface area contributed by atoms with Crippen molar-refractivity contribution < 1.29 is 4.74 Å². The maximum atomic E-state index is 11.9. The molecule has 2 aromatic rings. The number of hydrogen-bond acceptors (Lipinski definition) is 3. The summed E-state index contributed by atoms with van der Waals surface area (Å²) in [5.41, 5.74) is 1.95. The molecule has 4 nitrogen and oxygen atoms in total. The highest BCUT2D eigenvalue weighted by molar-refractivity contribution is 5.79. The van der Waals surface area contributed by atoms with Crippen LogP contribution in [0.2, 0.25) is 0 Å². The fourth-order valence-corrected chi connectivity index (χ4v) is 1.72. The van der Waals surface area contributed by atoms with E-state index < -0.39 is 5.56 Å². The zero-order valence-electron chi connectivity index (χ0n) is 9.96. The third-order valence-electron chi connectivity index (χ3n) is 2.85. The highest BCUT2D eigenvalue weighted by atomic mass is 16.5. The second-order valence-electron chi connectivity index (χ2n) is 4.01. The topological polar surface area (TPSA) is 59.2 Å². The second-order valence-corrected chi connectivity index (χ2v) is 4.01. The highest BCUT2D eigenvalue weighted by Gasteiger charge is 2.05. The van der Waals surface area contributed by atoms with Gasteiger partial charge in [0, 0.05) is 11.5 Å². The Hall–Kier alpha value is -2.10. The fourth-order valence-electron chi connectivity index (χ4n) is 1.72. The van der Waals surface area contributed by atoms with E-state index in [2.05, 4.69) is 4.98 Å². The van der Waals surface area contributed by atoms with Crippen molar-refractivity contribution in [3.63, 3.8) is 0 Å². The van der Waals surface area contributed by atoms with Crippen LogP contribution in [0.1, 0.15) is 11.1 Å². The molecule has 0 aliphatic carbocycles. The van der Waals surface area contributed by atoms with Crippen LogP contribution in [0.4, 0.5) is 0 Å². The van der Waals surface area contributed by atoms with Gasteiger partial charge in [0.2, 0.25) is 0 Å². The van der Waals surface area contributed by atoms with Gasteiger partial charge in [0.1, 0.15) is 0 Å². The van der Waals surface area contributed by atoms with E-state index in [9.17, 15) is 9.59 Å². The van der Waals surface area contributed by atoms with Crippen LogP contribution in [0.5, 0.6) is 5.75 Å². The zero-order chi connectivity index (χ0) is 12.6. The average Bonchev–Trinajstić information content (AvgIpc) is 2.39. The number of fused-ring (bicyclic) bond motifs is 1. The van der Waals surface area contributed by atoms with Crippen molar-refractivity contribution in [2.75, 3.05) is 7.11 Å². The Morgan fingerprint density at radius 1 is 1.06 bits per heavy atom. The molecule has 1 heterocycles. The largest absolute Gasteiger partial charge is 0.491 e. The molecule has 0 saturated heterocycles. The summed E-state index contributed by atoms with van der Waals surface area (Å²) in [4.78, 5) is 26.3. The minimum atomic E-state index is -0.400. The van der Waals surface area contributed by atoms with Gasteiger partial charge in [0.15, 0.2) is 11.2 Å². The first-order valence-corrected chi connectivity index (χ1v) is 5.25. The first kappa shape index (κ1) is 11.4. The number of ether oxygens (including phenoxy) is 1. The zero-order valence-corrected chi connectivity index (χ0v) is 9.96. The predicted molar refractivity (Wildman–Crippen MR) is 66.9 cm³/mol. The molecule has 0 saturated carbocycles. The van der Waals surface area contributed by atoms with Crippen molar-refractivity contribution in [1.82, 2.24) is 4.98 Å². The van der Waals surface area contributed by atoms with Crippen LogP contribution in [0.15, 0.2) is 27.8 Å². The number of aryl methyl sites for hydroxylation is 2. The number of hydrogen-bond donors (Lipinski definition) is 1. The van der Waals surface area contributed by atoms with E-state index in [1.807, 2.05) is 13.8 Å². The van der Waals surface area contributed by atoms with Crippen LogP contribution in [-0.4, -0.2) is 12.1 Å². The Bertz CT molecular complexity index is 701. The molecule has 4 heteroatoms. The maximum Gasteiger partial charge on any atom is 0.290 e. The van der Waals surface area contributed by atoms with E-state index in [1.54, 1.807) is 12.1 Å². The summed E-state index contributed by atoms with van der Waals surface area (Å²) in [5, 5.41) is 0.494. The van der Waals surface area contributed by atoms with Gasteiger partial charge in [-0.2, -0.15) is 0 Å². The van der Waals surface area contributed by atoms with Gasteiger partial charge in [-0.25, -0.2) is 0 Å². The minimum Gasteiger partial charge on any atom is -0.491 e. The SMILES string of the molecule is COc1cc(=O)c2cc(C)c(C)cc2[nH]c1=O. The van der Waals surface area contributed by atoms with Gasteiger partial charge in [-0.3, -0.25) is 9.59 Å². The molecule has 88 valence electrons. The molecule has 0 amide bonds. The van der Waals surface area contributed by atoms with E-state index in [4.69, 9.17) is 4.74 Å². The fraction of sp³-hybridized carbons (Fsp3) is 0.231. The van der Waals surface area contributed by atoms with Crippen molar-refractivity contribution in [3.8, 4) is 5.75 Å². The summed E-state index contributed by atoms with van der Waals surface area (Å²) < 4.78 is 4.87. The second kappa shape index (κ2) is 4.05. The van der Waals surface area contributed by atoms with E-state index in [0.717, 1.165) is 11.1 Å². The molecule has 0 aliphatic rings. The molecule has 0 bridgehead atoms. The molecule has 1 aromatic carbocycles. The smallest absolute Gasteiger partial charge is 0.290 e. The molecule has 2 rings (SSSR count). The molecular formula is C13H13NO3. The Labute approximate surface area is 97.9 Å². The summed E-state index contributed by atoms with van der Waals surface area (Å²) in [6.45, 7) is 3.86. The minimum absolute atomic E-state index is 0.0292. The molecular weight excluding hydrogens is 218 g/mol. The van der Waals surface area contributed by atoms with Crippen LogP contribution in [0.25, 0.3) is 10.9 Å². The molecule has 0 radical (unpaired) electrons. The number of aromatic amines is 1. The van der Waals surface area contributed by atoms with Crippen molar-refractivity contribution in [2.45, 2.75) is 13.8 Å². The first-order chi connectivity index (χ1) is 8.02. The number of H-pyrrole nitrogens is 1. The quantitative estimate of drug-likeness (QED) is 0.809. The monoisotopic (exact) mass is 231 g/mol. The number of nitrogens with one attached hydrogen (secondary N) is 1. The third-order valence-corrected chi connectivity index (χ3v) is 2.85. The lowest BCUT2D eigenvalue weighted by Crippen LogP contribution is -2.05. The van der Waals surface area contributed by atoms with Crippen LogP contribution >= 0.6 is 0 Å². The molecule has 1 aromatic heterocycles. The number of rotatable bonds is 1. The maximum absolute atomic E-state index is 11.9. The molecule has 0 fully saturated rings. The molecule has 0 unspecified atom stereocenters. The Morgan fingerprint density at radius 3 is 2.35 bits per heavy atom. The van der Waals surface area contributed by atoms with Crippen molar-refractivity contribution in [1.29, 1.82) is 0 Å². The van der Waals surface area contributed by atoms with Crippen molar-refractivity contribution in [2.24, 2.45) is 0 Å². The number of benzene rings is 1. The van der Waals surface area contributed by atoms with Crippen LogP contribution in [-0.2, 0) is 0 Å². The molecule has 0 aliphatic heterocycles. The van der Waals surface area contributed by atoms with Crippen LogP contribution < -0.4 is 15.7 Å². The van der Waals surface area contributed by atoms with E-state index >= 15 is 0 Å². The Morgan fingerprint density at radius 2 is 1.71 bits per heavy atom. The lowest BCUT2D eigenvalue weighted by molar-refractivity contribution is 0.409. The third kappa shape index (κ3) is 1.93. The van der Waals surface area contributed by atoms with Crippen LogP contribution in [0.3, 0.4) is 0 Å². The van der Waals surface area contributed by atoms with Crippen molar-refractivity contribution >= 4 is 10.9 Å². The Kier molecular flexibility index (Phi) is 2.71. The molecule has 1 N–H and O–H groups in total. The van der Waals surface area contributed by atoms with Gasteiger partial charge in [-0.1, -0.05) is 0 Å². The van der Waals surface area contributed by atoms with Gasteiger partial charge >= 0.3 is 0 Å². The van der Waals surface area contributed by atoms with Gasteiger partial charge in [0.25, 0.3) is 5.56 Å². The van der Waals surface area contributed by atoms with E-state index in [0.29, 0.717) is 10.9 Å². The van der Waals surface area contributed by atoms with Gasteiger partial charge < -0.3 is 9.72 Å². The normalized spacial score (nSPS) is 10.5. The van der Waals surface area contributed by atoms with E-state index in [-0.39, 0.29) is 11.2 Å². The molecule has 0 atom stereocenters. The first-order valence-electron chi connectivity index (χ1n) is 5.25. The highest BCUT2D eigenvalue weighted by Crippen LogP contribution is 2.14. The number of aromatic nitrogens is 1. The van der Waals surface area contributed by atoms with E-state index in [1.165, 1.54) is 13.2 Å². The lowest BCUT2D eigenvalue weighted by atomic mass is 10.1. The molecule has 0 spiro atoms. The van der Waals surface area contributed by atoms with Crippen LogP contribution in [0, 0.1) is 13.8 Å². The average molecular weight is 231 g/mol. The summed E-state index contributed by atoms with van der Waals surface area (Å²) in [6, 6.07) is 4.80. The summed E-state index contributed by atoms with van der Waals surface area (Å²) in [6.07, 6.45) is 0. The predicted octanol–water partition coefficient (Wildman–Crippen LogP) is 1.51. The van der Waals surface area contributed by atoms with Crippen molar-refractivity contribution in [3.05, 3.63) is 49.9 Å². The lowest BCUT2D eigenvalue weighted by Gasteiger charge is -1.99. The van der Waals surface area contributed by atoms with Gasteiger partial charge in [-0.05, 0) is 37.1 Å². The standard InChI is InChI=1S/C13H13NO3/c1-7-4-9-10(5-8(7)2)14-13(16)12(17-3)6-11(9)15/h4-6H,1-3H3,(H,14,16). The summed E-state index contributed by atoms with van der Waals surface area (Å²) >= 11 is 0. The van der Waals surface area contributed by atoms with Gasteiger partial charge in [0.05, 0.1) is 12.6 Å². The summed E-state index contributed by atoms with van der Waals surface area (Å²) in [5.74, 6) is 0.0292.